The van der Waals surface area contributed by atoms with Gasteiger partial charge in [-0.2, -0.15) is 0 Å². The van der Waals surface area contributed by atoms with Crippen LogP contribution in [0.4, 0.5) is 0 Å². The van der Waals surface area contributed by atoms with Crippen molar-refractivity contribution in [3.63, 3.8) is 0 Å². The van der Waals surface area contributed by atoms with Crippen LogP contribution < -0.4 is 5.32 Å². The number of carbonyl (C=O) groups is 2. The molecule has 3 atom stereocenters. The van der Waals surface area contributed by atoms with Gasteiger partial charge in [-0.15, -0.1) is 0 Å². The number of amides is 2. The second kappa shape index (κ2) is 8.14. The first kappa shape index (κ1) is 20.7. The highest BCUT2D eigenvalue weighted by atomic mass is 16.5. The molecule has 3 saturated heterocycles. The topological polar surface area (TPSA) is 61.9 Å². The third kappa shape index (κ3) is 4.08. The smallest absolute Gasteiger partial charge is 0.248 e. The Morgan fingerprint density at radius 3 is 2.38 bits per heavy atom. The molecule has 1 N–H and O–H groups in total. The van der Waals surface area contributed by atoms with E-state index in [9.17, 15) is 9.59 Å². The molecular weight excluding hydrogens is 402 g/mol. The molecule has 2 saturated carbocycles. The predicted molar refractivity (Wildman–Crippen MR) is 121 cm³/mol. The van der Waals surface area contributed by atoms with Crippen LogP contribution in [0.1, 0.15) is 69.4 Å². The number of benzene rings is 1. The molecule has 1 spiro atoms. The lowest BCUT2D eigenvalue weighted by molar-refractivity contribution is -0.177. The van der Waals surface area contributed by atoms with Crippen molar-refractivity contribution in [2.75, 3.05) is 19.7 Å². The number of ether oxygens (including phenoxy) is 1. The summed E-state index contributed by atoms with van der Waals surface area (Å²) in [6.45, 7) is 2.06. The molecule has 6 nitrogen and oxygen atoms in total. The molecule has 3 unspecified atom stereocenters. The van der Waals surface area contributed by atoms with Crippen LogP contribution in [-0.2, 0) is 14.3 Å². The molecule has 3 heterocycles. The van der Waals surface area contributed by atoms with Crippen LogP contribution in [0.15, 0.2) is 30.3 Å². The fourth-order valence-corrected chi connectivity index (χ4v) is 6.39. The number of nitrogens with one attached hydrogen (secondary N) is 1. The summed E-state index contributed by atoms with van der Waals surface area (Å²) in [4.78, 5) is 29.7. The number of rotatable bonds is 7. The third-order valence-corrected chi connectivity index (χ3v) is 8.40. The van der Waals surface area contributed by atoms with Crippen LogP contribution in [0.3, 0.4) is 0 Å². The summed E-state index contributed by atoms with van der Waals surface area (Å²) in [6, 6.07) is 12.0. The van der Waals surface area contributed by atoms with E-state index >= 15 is 0 Å². The monoisotopic (exact) mass is 437 g/mol. The van der Waals surface area contributed by atoms with E-state index in [4.69, 9.17) is 4.74 Å². The van der Waals surface area contributed by atoms with Gasteiger partial charge in [-0.25, -0.2) is 0 Å². The summed E-state index contributed by atoms with van der Waals surface area (Å²) in [5, 5.41) is 3.34. The molecule has 5 aliphatic rings. The standard InChI is InChI=1S/C26H35N3O3/c30-24-16-32-26(17-29(24)20-8-9-20)14-21-10-11-22(15-26)28(21)13-12-23(18-4-2-1-3-5-18)27-25(31)19-6-7-19/h1-5,19-23H,6-17H2,(H,27,31). The zero-order chi connectivity index (χ0) is 21.7. The van der Waals surface area contributed by atoms with Crippen molar-refractivity contribution in [3.05, 3.63) is 35.9 Å². The fraction of sp³-hybridized carbons (Fsp3) is 0.692. The fourth-order valence-electron chi connectivity index (χ4n) is 6.39. The molecule has 32 heavy (non-hydrogen) atoms. The number of fused-ring (bicyclic) bond motifs is 2. The number of piperidine rings is 1. The summed E-state index contributed by atoms with van der Waals surface area (Å²) in [5.74, 6) is 0.637. The maximum atomic E-state index is 12.5. The molecule has 2 bridgehead atoms. The molecule has 5 fully saturated rings. The molecule has 0 aromatic heterocycles. The first-order valence-electron chi connectivity index (χ1n) is 12.6. The minimum absolute atomic E-state index is 0.0773. The summed E-state index contributed by atoms with van der Waals surface area (Å²) in [5.41, 5.74) is 1.06. The van der Waals surface area contributed by atoms with E-state index in [2.05, 4.69) is 39.4 Å². The van der Waals surface area contributed by atoms with Gasteiger partial charge in [0.15, 0.2) is 0 Å². The van der Waals surface area contributed by atoms with Gasteiger partial charge in [-0.1, -0.05) is 30.3 Å². The largest absolute Gasteiger partial charge is 0.363 e. The molecule has 1 aromatic carbocycles. The van der Waals surface area contributed by atoms with E-state index < -0.39 is 0 Å². The van der Waals surface area contributed by atoms with Gasteiger partial charge in [0.05, 0.1) is 18.2 Å². The highest BCUT2D eigenvalue weighted by Crippen LogP contribution is 2.45. The quantitative estimate of drug-likeness (QED) is 0.712. The number of morpholine rings is 1. The maximum absolute atomic E-state index is 12.5. The maximum Gasteiger partial charge on any atom is 0.248 e. The predicted octanol–water partition coefficient (Wildman–Crippen LogP) is 3.03. The van der Waals surface area contributed by atoms with E-state index in [-0.39, 0.29) is 36.0 Å². The van der Waals surface area contributed by atoms with Crippen molar-refractivity contribution in [3.8, 4) is 0 Å². The molecule has 0 radical (unpaired) electrons. The van der Waals surface area contributed by atoms with Gasteiger partial charge in [-0.3, -0.25) is 14.5 Å². The molecule has 6 rings (SSSR count). The number of nitrogens with zero attached hydrogens (tertiary/aromatic N) is 2. The SMILES string of the molecule is O=C(NC(CCN1C2CCC1CC1(C2)CN(C2CC2)C(=O)CO1)c1ccccc1)C1CC1. The minimum atomic E-state index is -0.141. The highest BCUT2D eigenvalue weighted by molar-refractivity contribution is 5.81. The Hall–Kier alpha value is -1.92. The Morgan fingerprint density at radius 2 is 1.72 bits per heavy atom. The van der Waals surface area contributed by atoms with Crippen LogP contribution in [0, 0.1) is 5.92 Å². The summed E-state index contributed by atoms with van der Waals surface area (Å²) in [6.07, 6.45) is 9.83. The molecule has 1 aromatic rings. The van der Waals surface area contributed by atoms with Crippen LogP contribution in [-0.4, -0.2) is 65.0 Å². The van der Waals surface area contributed by atoms with Crippen molar-refractivity contribution in [2.24, 2.45) is 5.92 Å². The second-order valence-electron chi connectivity index (χ2n) is 10.8. The van der Waals surface area contributed by atoms with Crippen molar-refractivity contribution in [2.45, 2.75) is 87.6 Å². The highest BCUT2D eigenvalue weighted by Gasteiger charge is 2.53. The Morgan fingerprint density at radius 1 is 1.03 bits per heavy atom. The molecule has 3 aliphatic heterocycles. The van der Waals surface area contributed by atoms with Crippen molar-refractivity contribution in [1.82, 2.24) is 15.1 Å². The average molecular weight is 438 g/mol. The average Bonchev–Trinajstić information content (AvgIpc) is 3.71. The lowest BCUT2D eigenvalue weighted by Gasteiger charge is -2.50. The Kier molecular flexibility index (Phi) is 5.26. The Balaban J connectivity index is 1.12. The van der Waals surface area contributed by atoms with E-state index in [1.54, 1.807) is 0 Å². The van der Waals surface area contributed by atoms with Gasteiger partial charge in [0.2, 0.25) is 11.8 Å². The van der Waals surface area contributed by atoms with Gasteiger partial charge >= 0.3 is 0 Å². The lowest BCUT2D eigenvalue weighted by atomic mass is 9.84. The number of hydrogen-bond donors (Lipinski definition) is 1. The molecular formula is C26H35N3O3. The van der Waals surface area contributed by atoms with Crippen LogP contribution in [0.5, 0.6) is 0 Å². The van der Waals surface area contributed by atoms with E-state index in [1.807, 2.05) is 6.07 Å². The van der Waals surface area contributed by atoms with Gasteiger partial charge in [0.1, 0.15) is 6.61 Å². The summed E-state index contributed by atoms with van der Waals surface area (Å²) >= 11 is 0. The first-order chi connectivity index (χ1) is 15.6. The molecule has 172 valence electrons. The van der Waals surface area contributed by atoms with Gasteiger partial charge < -0.3 is 15.0 Å². The van der Waals surface area contributed by atoms with E-state index in [0.717, 1.165) is 58.0 Å². The first-order valence-corrected chi connectivity index (χ1v) is 12.6. The summed E-state index contributed by atoms with van der Waals surface area (Å²) < 4.78 is 6.26. The van der Waals surface area contributed by atoms with Gasteiger partial charge in [0, 0.05) is 30.6 Å². The van der Waals surface area contributed by atoms with Crippen LogP contribution in [0.25, 0.3) is 0 Å². The van der Waals surface area contributed by atoms with Gasteiger partial charge in [-0.05, 0) is 63.4 Å². The van der Waals surface area contributed by atoms with Crippen LogP contribution >= 0.6 is 0 Å². The molecule has 6 heteroatoms. The van der Waals surface area contributed by atoms with E-state index in [1.165, 1.54) is 18.4 Å². The van der Waals surface area contributed by atoms with Crippen molar-refractivity contribution >= 4 is 11.8 Å². The lowest BCUT2D eigenvalue weighted by Crippen LogP contribution is -2.61. The second-order valence-corrected chi connectivity index (χ2v) is 10.8. The normalized spacial score (nSPS) is 33.5. The Bertz CT molecular complexity index is 852. The number of hydrogen-bond acceptors (Lipinski definition) is 4. The van der Waals surface area contributed by atoms with Gasteiger partial charge in [0.25, 0.3) is 0 Å². The third-order valence-electron chi connectivity index (χ3n) is 8.40. The summed E-state index contributed by atoms with van der Waals surface area (Å²) in [7, 11) is 0. The van der Waals surface area contributed by atoms with Crippen molar-refractivity contribution < 1.29 is 14.3 Å². The Labute approximate surface area is 190 Å². The zero-order valence-corrected chi connectivity index (χ0v) is 18.9. The molecule has 2 aliphatic carbocycles. The molecule has 2 amide bonds. The number of carbonyl (C=O) groups excluding carboxylic acids is 2. The van der Waals surface area contributed by atoms with Crippen LogP contribution in [0.2, 0.25) is 0 Å². The minimum Gasteiger partial charge on any atom is -0.363 e. The van der Waals surface area contributed by atoms with Crippen molar-refractivity contribution in [1.29, 1.82) is 0 Å². The van der Waals surface area contributed by atoms with E-state index in [0.29, 0.717) is 18.1 Å². The zero-order valence-electron chi connectivity index (χ0n) is 18.9.